The van der Waals surface area contributed by atoms with Gasteiger partial charge in [-0.15, -0.1) is 0 Å². The van der Waals surface area contributed by atoms with E-state index in [2.05, 4.69) is 4.99 Å². The number of carbonyl (C=O) groups excluding carboxylic acids is 1. The third-order valence-corrected chi connectivity index (χ3v) is 3.40. The Balaban J connectivity index is 2.52. The van der Waals surface area contributed by atoms with Gasteiger partial charge in [0.05, 0.1) is 0 Å². The minimum atomic E-state index is -0.469. The smallest absolute Gasteiger partial charge is 0.275 e. The fourth-order valence-electron chi connectivity index (χ4n) is 2.33. The number of aliphatic imine (C=N–C) groups is 1. The Morgan fingerprint density at radius 2 is 1.78 bits per heavy atom. The lowest BCUT2D eigenvalue weighted by atomic mass is 9.94. The molecule has 5 heteroatoms. The molecule has 0 radical (unpaired) electrons. The zero-order chi connectivity index (χ0) is 17.0. The van der Waals surface area contributed by atoms with E-state index >= 15 is 0 Å². The fraction of sp³-hybridized carbons (Fsp3) is 0.111. The first-order valence-electron chi connectivity index (χ1n) is 7.10. The summed E-state index contributed by atoms with van der Waals surface area (Å²) in [5.74, 6) is -0.521. The highest BCUT2D eigenvalue weighted by molar-refractivity contribution is 6.04. The molecule has 0 aliphatic carbocycles. The molecule has 0 saturated carbocycles. The standard InChI is InChI=1S/C18H19N3O2/c1-11-4-3-5-14(10-12(2)17(23)21-18(19)20)16(11)13-6-8-15(22)9-7-13/h3-10,22H,1-2H3,(H4,19,20,21,23). The molecule has 0 aromatic heterocycles. The lowest BCUT2D eigenvalue weighted by Gasteiger charge is -2.11. The Kier molecular flexibility index (Phi) is 4.81. The van der Waals surface area contributed by atoms with Crippen LogP contribution in [0.25, 0.3) is 17.2 Å². The van der Waals surface area contributed by atoms with Crippen molar-refractivity contribution in [2.75, 3.05) is 0 Å². The molecule has 5 nitrogen and oxygen atoms in total. The number of rotatable bonds is 3. The fourth-order valence-corrected chi connectivity index (χ4v) is 2.33. The van der Waals surface area contributed by atoms with Crippen molar-refractivity contribution in [1.29, 1.82) is 0 Å². The van der Waals surface area contributed by atoms with Gasteiger partial charge < -0.3 is 16.6 Å². The number of aryl methyl sites for hydroxylation is 1. The lowest BCUT2D eigenvalue weighted by molar-refractivity contribution is -0.114. The van der Waals surface area contributed by atoms with Gasteiger partial charge in [-0.05, 0) is 54.3 Å². The van der Waals surface area contributed by atoms with Crippen molar-refractivity contribution in [1.82, 2.24) is 0 Å². The maximum atomic E-state index is 11.9. The molecule has 0 aliphatic rings. The molecule has 0 heterocycles. The highest BCUT2D eigenvalue weighted by Gasteiger charge is 2.09. The molecule has 2 aromatic rings. The van der Waals surface area contributed by atoms with Crippen LogP contribution in [0.3, 0.4) is 0 Å². The monoisotopic (exact) mass is 309 g/mol. The van der Waals surface area contributed by atoms with E-state index in [0.29, 0.717) is 5.57 Å². The summed E-state index contributed by atoms with van der Waals surface area (Å²) in [6, 6.07) is 12.8. The molecule has 0 fully saturated rings. The van der Waals surface area contributed by atoms with E-state index < -0.39 is 5.91 Å². The van der Waals surface area contributed by atoms with Crippen LogP contribution in [0.5, 0.6) is 5.75 Å². The molecule has 0 saturated heterocycles. The summed E-state index contributed by atoms with van der Waals surface area (Å²) in [6.45, 7) is 3.66. The van der Waals surface area contributed by atoms with Crippen LogP contribution in [0, 0.1) is 6.92 Å². The summed E-state index contributed by atoms with van der Waals surface area (Å²) in [6.07, 6.45) is 1.75. The van der Waals surface area contributed by atoms with E-state index in [0.717, 1.165) is 22.3 Å². The van der Waals surface area contributed by atoms with Crippen molar-refractivity contribution < 1.29 is 9.90 Å². The number of hydrogen-bond acceptors (Lipinski definition) is 2. The van der Waals surface area contributed by atoms with Crippen LogP contribution in [0.1, 0.15) is 18.1 Å². The third-order valence-electron chi connectivity index (χ3n) is 3.40. The van der Waals surface area contributed by atoms with Gasteiger partial charge in [-0.25, -0.2) is 0 Å². The molecule has 0 unspecified atom stereocenters. The molecular weight excluding hydrogens is 290 g/mol. The molecule has 1 amide bonds. The molecule has 23 heavy (non-hydrogen) atoms. The summed E-state index contributed by atoms with van der Waals surface area (Å²) in [4.78, 5) is 15.4. The maximum absolute atomic E-state index is 11.9. The second-order valence-electron chi connectivity index (χ2n) is 5.26. The molecule has 0 atom stereocenters. The minimum absolute atomic E-state index is 0.207. The topological polar surface area (TPSA) is 102 Å². The van der Waals surface area contributed by atoms with Crippen LogP contribution in [0.15, 0.2) is 53.0 Å². The first-order chi connectivity index (χ1) is 10.9. The average Bonchev–Trinajstić information content (AvgIpc) is 2.48. The Hall–Kier alpha value is -3.08. The molecule has 2 rings (SSSR count). The third kappa shape index (κ3) is 3.97. The summed E-state index contributed by atoms with van der Waals surface area (Å²) in [7, 11) is 0. The largest absolute Gasteiger partial charge is 0.508 e. The first kappa shape index (κ1) is 16.3. The Morgan fingerprint density at radius 1 is 1.13 bits per heavy atom. The second kappa shape index (κ2) is 6.79. The van der Waals surface area contributed by atoms with E-state index in [-0.39, 0.29) is 11.7 Å². The van der Waals surface area contributed by atoms with Gasteiger partial charge in [-0.1, -0.05) is 30.3 Å². The van der Waals surface area contributed by atoms with Crippen molar-refractivity contribution in [2.45, 2.75) is 13.8 Å². The Morgan fingerprint density at radius 3 is 2.39 bits per heavy atom. The summed E-state index contributed by atoms with van der Waals surface area (Å²) in [5.41, 5.74) is 14.8. The number of nitrogens with two attached hydrogens (primary N) is 2. The summed E-state index contributed by atoms with van der Waals surface area (Å²) >= 11 is 0. The van der Waals surface area contributed by atoms with E-state index in [1.54, 1.807) is 25.1 Å². The highest BCUT2D eigenvalue weighted by atomic mass is 16.3. The van der Waals surface area contributed by atoms with Gasteiger partial charge in [0.2, 0.25) is 0 Å². The number of phenolic OH excluding ortho intramolecular Hbond substituents is 1. The molecule has 0 aliphatic heterocycles. The summed E-state index contributed by atoms with van der Waals surface area (Å²) in [5, 5.41) is 9.45. The van der Waals surface area contributed by atoms with Crippen LogP contribution in [0.2, 0.25) is 0 Å². The van der Waals surface area contributed by atoms with E-state index in [1.807, 2.05) is 37.3 Å². The van der Waals surface area contributed by atoms with Gasteiger partial charge in [0, 0.05) is 5.57 Å². The number of nitrogens with zero attached hydrogens (tertiary/aromatic N) is 1. The van der Waals surface area contributed by atoms with Gasteiger partial charge in [-0.2, -0.15) is 4.99 Å². The van der Waals surface area contributed by atoms with Gasteiger partial charge in [0.25, 0.3) is 5.91 Å². The molecule has 118 valence electrons. The van der Waals surface area contributed by atoms with Crippen LogP contribution < -0.4 is 11.5 Å². The quantitative estimate of drug-likeness (QED) is 0.460. The van der Waals surface area contributed by atoms with Crippen LogP contribution in [0.4, 0.5) is 0 Å². The van der Waals surface area contributed by atoms with Crippen molar-refractivity contribution in [3.8, 4) is 16.9 Å². The van der Waals surface area contributed by atoms with Gasteiger partial charge in [0.15, 0.2) is 5.96 Å². The Labute approximate surface area is 135 Å². The molecule has 0 bridgehead atoms. The predicted octanol–water partition coefficient (Wildman–Crippen LogP) is 2.57. The van der Waals surface area contributed by atoms with E-state index in [1.165, 1.54) is 0 Å². The average molecular weight is 309 g/mol. The van der Waals surface area contributed by atoms with Gasteiger partial charge >= 0.3 is 0 Å². The van der Waals surface area contributed by atoms with Crippen molar-refractivity contribution in [2.24, 2.45) is 16.5 Å². The lowest BCUT2D eigenvalue weighted by Crippen LogP contribution is -2.24. The Bertz CT molecular complexity index is 786. The normalized spacial score (nSPS) is 11.1. The number of guanidine groups is 1. The number of amides is 1. The number of carbonyl (C=O) groups is 1. The molecular formula is C18H19N3O2. The zero-order valence-electron chi connectivity index (χ0n) is 13.1. The molecule has 5 N–H and O–H groups in total. The first-order valence-corrected chi connectivity index (χ1v) is 7.10. The zero-order valence-corrected chi connectivity index (χ0v) is 13.1. The second-order valence-corrected chi connectivity index (χ2v) is 5.26. The van der Waals surface area contributed by atoms with Crippen LogP contribution in [-0.2, 0) is 4.79 Å². The molecule has 2 aromatic carbocycles. The summed E-state index contributed by atoms with van der Waals surface area (Å²) < 4.78 is 0. The van der Waals surface area contributed by atoms with Gasteiger partial charge in [0.1, 0.15) is 5.75 Å². The van der Waals surface area contributed by atoms with Crippen molar-refractivity contribution in [3.63, 3.8) is 0 Å². The van der Waals surface area contributed by atoms with E-state index in [9.17, 15) is 9.90 Å². The molecule has 0 spiro atoms. The highest BCUT2D eigenvalue weighted by Crippen LogP contribution is 2.30. The number of benzene rings is 2. The van der Waals surface area contributed by atoms with Crippen molar-refractivity contribution >= 4 is 17.9 Å². The predicted molar refractivity (Wildman–Crippen MR) is 92.7 cm³/mol. The SMILES string of the molecule is CC(=Cc1cccc(C)c1-c1ccc(O)cc1)C(=O)N=C(N)N. The van der Waals surface area contributed by atoms with Crippen LogP contribution in [-0.4, -0.2) is 17.0 Å². The number of hydrogen-bond donors (Lipinski definition) is 3. The number of aromatic hydroxyl groups is 1. The minimum Gasteiger partial charge on any atom is -0.508 e. The maximum Gasteiger partial charge on any atom is 0.275 e. The van der Waals surface area contributed by atoms with Gasteiger partial charge in [-0.3, -0.25) is 4.79 Å². The van der Waals surface area contributed by atoms with E-state index in [4.69, 9.17) is 11.5 Å². The van der Waals surface area contributed by atoms with Crippen LogP contribution >= 0.6 is 0 Å². The van der Waals surface area contributed by atoms with Crippen molar-refractivity contribution in [3.05, 3.63) is 59.2 Å². The number of phenols is 1.